The molecule has 0 atom stereocenters. The molecule has 1 amide bonds. The fourth-order valence-electron chi connectivity index (χ4n) is 4.04. The summed E-state index contributed by atoms with van der Waals surface area (Å²) in [7, 11) is -0.538. The van der Waals surface area contributed by atoms with Crippen molar-refractivity contribution in [3.05, 3.63) is 77.9 Å². The maximum Gasteiger partial charge on any atom is 0.264 e. The summed E-state index contributed by atoms with van der Waals surface area (Å²) < 4.78 is 38.3. The molecule has 1 heterocycles. The fraction of sp³-hybridized carbons (Fsp3) is 0.269. The van der Waals surface area contributed by atoms with E-state index in [0.29, 0.717) is 42.9 Å². The molecule has 8 heteroatoms. The van der Waals surface area contributed by atoms with E-state index in [4.69, 9.17) is 9.47 Å². The first-order chi connectivity index (χ1) is 16.4. The topological polar surface area (TPSA) is 84.9 Å². The van der Waals surface area contributed by atoms with Crippen molar-refractivity contribution in [2.24, 2.45) is 0 Å². The minimum absolute atomic E-state index is 0.0886. The molecule has 0 radical (unpaired) electrons. The lowest BCUT2D eigenvalue weighted by molar-refractivity contribution is -0.116. The number of hydrogen-bond acceptors (Lipinski definition) is 5. The first-order valence-electron chi connectivity index (χ1n) is 11.1. The molecule has 178 valence electrons. The van der Waals surface area contributed by atoms with Crippen LogP contribution in [0.15, 0.2) is 71.6 Å². The van der Waals surface area contributed by atoms with Gasteiger partial charge < -0.3 is 14.8 Å². The van der Waals surface area contributed by atoms with Crippen LogP contribution in [0.2, 0.25) is 0 Å². The Balaban J connectivity index is 1.45. The second-order valence-corrected chi connectivity index (χ2v) is 9.96. The Morgan fingerprint density at radius 2 is 1.59 bits per heavy atom. The zero-order valence-electron chi connectivity index (χ0n) is 19.3. The summed E-state index contributed by atoms with van der Waals surface area (Å²) in [5.41, 5.74) is 3.28. The van der Waals surface area contributed by atoms with E-state index in [1.807, 2.05) is 30.3 Å². The number of fused-ring (bicyclic) bond motifs is 1. The number of hydrogen-bond donors (Lipinski definition) is 1. The van der Waals surface area contributed by atoms with E-state index in [9.17, 15) is 13.2 Å². The van der Waals surface area contributed by atoms with Crippen molar-refractivity contribution in [2.75, 3.05) is 30.4 Å². The van der Waals surface area contributed by atoms with Gasteiger partial charge in [-0.05, 0) is 85.0 Å². The summed E-state index contributed by atoms with van der Waals surface area (Å²) in [6.07, 6.45) is 2.42. The minimum Gasteiger partial charge on any atom is -0.497 e. The minimum atomic E-state index is -3.70. The summed E-state index contributed by atoms with van der Waals surface area (Å²) in [5.74, 6) is 1.30. The van der Waals surface area contributed by atoms with Gasteiger partial charge in [0.25, 0.3) is 10.0 Å². The highest BCUT2D eigenvalue weighted by Crippen LogP contribution is 2.34. The molecule has 0 saturated carbocycles. The van der Waals surface area contributed by atoms with Crippen LogP contribution in [-0.2, 0) is 27.7 Å². The average molecular weight is 481 g/mol. The van der Waals surface area contributed by atoms with Gasteiger partial charge in [-0.1, -0.05) is 12.1 Å². The lowest BCUT2D eigenvalue weighted by Gasteiger charge is -2.31. The number of carbonyl (C=O) groups is 1. The van der Waals surface area contributed by atoms with Crippen LogP contribution in [-0.4, -0.2) is 35.1 Å². The number of carbonyl (C=O) groups excluding carboxylic acids is 1. The third kappa shape index (κ3) is 5.17. The SMILES string of the molecule is COc1ccc(CCC(=O)Nc2ccc3c(c2)CCCN3S(=O)(=O)c2ccc(OC)cc2)cc1. The lowest BCUT2D eigenvalue weighted by Crippen LogP contribution is -2.35. The number of nitrogens with zero attached hydrogens (tertiary/aromatic N) is 1. The Morgan fingerprint density at radius 3 is 2.24 bits per heavy atom. The zero-order chi connectivity index (χ0) is 24.1. The van der Waals surface area contributed by atoms with E-state index in [1.54, 1.807) is 50.6 Å². The Hall–Kier alpha value is -3.52. The highest BCUT2D eigenvalue weighted by atomic mass is 32.2. The molecule has 7 nitrogen and oxygen atoms in total. The summed E-state index contributed by atoms with van der Waals surface area (Å²) in [6, 6.07) is 19.4. The number of sulfonamides is 1. The number of anilines is 2. The number of rotatable bonds is 8. The van der Waals surface area contributed by atoms with Crippen molar-refractivity contribution in [2.45, 2.75) is 30.6 Å². The predicted octanol–water partition coefficient (Wildman–Crippen LogP) is 4.42. The smallest absolute Gasteiger partial charge is 0.264 e. The third-order valence-electron chi connectivity index (χ3n) is 5.89. The van der Waals surface area contributed by atoms with Crippen molar-refractivity contribution in [1.29, 1.82) is 0 Å². The molecular formula is C26H28N2O5S. The molecule has 3 aromatic rings. The largest absolute Gasteiger partial charge is 0.497 e. The monoisotopic (exact) mass is 480 g/mol. The molecule has 0 aromatic heterocycles. The van der Waals surface area contributed by atoms with Gasteiger partial charge in [-0.25, -0.2) is 8.42 Å². The molecule has 0 aliphatic carbocycles. The van der Waals surface area contributed by atoms with Crippen LogP contribution in [0.25, 0.3) is 0 Å². The van der Waals surface area contributed by atoms with E-state index >= 15 is 0 Å². The Kier molecular flexibility index (Phi) is 7.07. The molecular weight excluding hydrogens is 452 g/mol. The first-order valence-corrected chi connectivity index (χ1v) is 12.6. The van der Waals surface area contributed by atoms with Crippen molar-refractivity contribution in [3.63, 3.8) is 0 Å². The fourth-order valence-corrected chi connectivity index (χ4v) is 5.58. The predicted molar refractivity (Wildman–Crippen MR) is 132 cm³/mol. The van der Waals surface area contributed by atoms with Gasteiger partial charge in [-0.15, -0.1) is 0 Å². The lowest BCUT2D eigenvalue weighted by atomic mass is 10.0. The zero-order valence-corrected chi connectivity index (χ0v) is 20.1. The normalized spacial score (nSPS) is 13.2. The number of nitrogens with one attached hydrogen (secondary N) is 1. The molecule has 0 bridgehead atoms. The van der Waals surface area contributed by atoms with Crippen molar-refractivity contribution < 1.29 is 22.7 Å². The highest BCUT2D eigenvalue weighted by Gasteiger charge is 2.29. The third-order valence-corrected chi connectivity index (χ3v) is 7.71. The molecule has 0 spiro atoms. The van der Waals surface area contributed by atoms with Gasteiger partial charge in [0.2, 0.25) is 5.91 Å². The Morgan fingerprint density at radius 1 is 0.941 bits per heavy atom. The van der Waals surface area contributed by atoms with E-state index in [0.717, 1.165) is 23.3 Å². The number of methoxy groups -OCH3 is 2. The standard InChI is InChI=1S/C26H28N2O5S/c1-32-22-9-5-19(6-10-22)7-16-26(29)27-21-8-15-25-20(18-21)4-3-17-28(25)34(30,31)24-13-11-23(33-2)12-14-24/h5-6,8-15,18H,3-4,7,16-17H2,1-2H3,(H,27,29). The van der Waals surface area contributed by atoms with Crippen LogP contribution in [0.1, 0.15) is 24.0 Å². The molecule has 3 aromatic carbocycles. The van der Waals surface area contributed by atoms with Gasteiger partial charge in [-0.3, -0.25) is 9.10 Å². The van der Waals surface area contributed by atoms with Crippen LogP contribution in [0, 0.1) is 0 Å². The van der Waals surface area contributed by atoms with Gasteiger partial charge in [0, 0.05) is 18.7 Å². The first kappa shape index (κ1) is 23.6. The number of amides is 1. The molecule has 0 fully saturated rings. The molecule has 1 aliphatic rings. The van der Waals surface area contributed by atoms with E-state index in [-0.39, 0.29) is 10.8 Å². The van der Waals surface area contributed by atoms with Gasteiger partial charge in [0.15, 0.2) is 0 Å². The summed E-state index contributed by atoms with van der Waals surface area (Å²) in [4.78, 5) is 12.7. The second kappa shape index (κ2) is 10.2. The van der Waals surface area contributed by atoms with E-state index < -0.39 is 10.0 Å². The molecule has 34 heavy (non-hydrogen) atoms. The van der Waals surface area contributed by atoms with E-state index in [2.05, 4.69) is 5.32 Å². The van der Waals surface area contributed by atoms with Crippen molar-refractivity contribution >= 4 is 27.3 Å². The molecule has 0 unspecified atom stereocenters. The highest BCUT2D eigenvalue weighted by molar-refractivity contribution is 7.92. The van der Waals surface area contributed by atoms with Crippen molar-refractivity contribution in [1.82, 2.24) is 0 Å². The van der Waals surface area contributed by atoms with Gasteiger partial charge in [-0.2, -0.15) is 0 Å². The summed E-state index contributed by atoms with van der Waals surface area (Å²) in [6.45, 7) is 0.412. The number of aryl methyl sites for hydroxylation is 2. The quantitative estimate of drug-likeness (QED) is 0.516. The van der Waals surface area contributed by atoms with Crippen LogP contribution in [0.3, 0.4) is 0 Å². The molecule has 1 aliphatic heterocycles. The van der Waals surface area contributed by atoms with Gasteiger partial charge in [0.1, 0.15) is 11.5 Å². The van der Waals surface area contributed by atoms with Crippen LogP contribution < -0.4 is 19.1 Å². The molecule has 0 saturated heterocycles. The van der Waals surface area contributed by atoms with Crippen LogP contribution in [0.5, 0.6) is 11.5 Å². The Labute approximate surface area is 200 Å². The number of benzene rings is 3. The maximum atomic E-state index is 13.3. The molecule has 4 rings (SSSR count). The summed E-state index contributed by atoms with van der Waals surface area (Å²) in [5, 5.41) is 2.94. The second-order valence-electron chi connectivity index (χ2n) is 8.10. The van der Waals surface area contributed by atoms with Gasteiger partial charge >= 0.3 is 0 Å². The Bertz CT molecular complexity index is 1260. The van der Waals surface area contributed by atoms with Crippen molar-refractivity contribution in [3.8, 4) is 11.5 Å². The van der Waals surface area contributed by atoms with E-state index in [1.165, 1.54) is 4.31 Å². The molecule has 1 N–H and O–H groups in total. The maximum absolute atomic E-state index is 13.3. The van der Waals surface area contributed by atoms with Crippen LogP contribution >= 0.6 is 0 Å². The summed E-state index contributed by atoms with van der Waals surface area (Å²) >= 11 is 0. The average Bonchev–Trinajstić information content (AvgIpc) is 2.87. The van der Waals surface area contributed by atoms with Gasteiger partial charge in [0.05, 0.1) is 24.8 Å². The number of ether oxygens (including phenoxy) is 2. The van der Waals surface area contributed by atoms with Crippen LogP contribution in [0.4, 0.5) is 11.4 Å².